The zero-order valence-corrected chi connectivity index (χ0v) is 18.7. The minimum absolute atomic E-state index is 0.0421. The highest BCUT2D eigenvalue weighted by molar-refractivity contribution is 7.18. The molecule has 2 N–H and O–H groups in total. The molecule has 1 saturated carbocycles. The fourth-order valence-corrected chi connectivity index (χ4v) is 5.28. The van der Waals surface area contributed by atoms with Crippen LogP contribution in [0.5, 0.6) is 0 Å². The number of rotatable bonds is 9. The maximum atomic E-state index is 13.3. The van der Waals surface area contributed by atoms with E-state index < -0.39 is 16.9 Å². The van der Waals surface area contributed by atoms with Crippen LogP contribution in [-0.2, 0) is 4.79 Å². The van der Waals surface area contributed by atoms with Crippen molar-refractivity contribution in [1.29, 1.82) is 0 Å². The highest BCUT2D eigenvalue weighted by Gasteiger charge is 2.28. The molecule has 8 heteroatoms. The molecule has 1 aromatic heterocycles. The van der Waals surface area contributed by atoms with Gasteiger partial charge < -0.3 is 10.4 Å². The summed E-state index contributed by atoms with van der Waals surface area (Å²) in [4.78, 5) is 36.8. The fraction of sp³-hybridized carbons (Fsp3) is 0.280. The van der Waals surface area contributed by atoms with Crippen molar-refractivity contribution in [3.8, 4) is 10.4 Å². The number of anilines is 1. The van der Waals surface area contributed by atoms with Gasteiger partial charge in [-0.3, -0.25) is 14.9 Å². The number of carboxylic acid groups (broad SMARTS) is 1. The SMILES string of the molecule is O=C(O)c1sc(-c2ccccc2)cc1NC(C(=O)CC1CCCC1)c1ccc([N+](=O)[O-])cc1. The van der Waals surface area contributed by atoms with E-state index in [9.17, 15) is 24.8 Å². The molecule has 1 fully saturated rings. The Morgan fingerprint density at radius 1 is 1.09 bits per heavy atom. The lowest BCUT2D eigenvalue weighted by atomic mass is 9.93. The minimum atomic E-state index is -1.07. The molecule has 1 heterocycles. The van der Waals surface area contributed by atoms with Crippen LogP contribution >= 0.6 is 11.3 Å². The maximum Gasteiger partial charge on any atom is 0.348 e. The Labute approximate surface area is 195 Å². The highest BCUT2D eigenvalue weighted by atomic mass is 32.1. The van der Waals surface area contributed by atoms with Gasteiger partial charge in [0.15, 0.2) is 5.78 Å². The van der Waals surface area contributed by atoms with Gasteiger partial charge in [-0.1, -0.05) is 56.0 Å². The summed E-state index contributed by atoms with van der Waals surface area (Å²) in [7, 11) is 0. The number of non-ortho nitro benzene ring substituents is 1. The summed E-state index contributed by atoms with van der Waals surface area (Å²) in [6.45, 7) is 0. The second-order valence-corrected chi connectivity index (χ2v) is 9.32. The Kier molecular flexibility index (Phi) is 6.84. The molecule has 2 aromatic carbocycles. The summed E-state index contributed by atoms with van der Waals surface area (Å²) in [6, 6.07) is 16.3. The monoisotopic (exact) mass is 464 g/mol. The number of thiophene rings is 1. The molecular formula is C25H24N2O5S. The number of ketones is 1. The number of Topliss-reactive ketones (excluding diaryl/α,β-unsaturated/α-hetero) is 1. The highest BCUT2D eigenvalue weighted by Crippen LogP contribution is 2.38. The second kappa shape index (κ2) is 9.95. The van der Waals surface area contributed by atoms with E-state index in [0.717, 1.165) is 47.5 Å². The fourth-order valence-electron chi connectivity index (χ4n) is 4.31. The van der Waals surface area contributed by atoms with Crippen molar-refractivity contribution in [2.75, 3.05) is 5.32 Å². The largest absolute Gasteiger partial charge is 0.477 e. The topological polar surface area (TPSA) is 110 Å². The number of aromatic carboxylic acids is 1. The predicted octanol–water partition coefficient (Wildman–Crippen LogP) is 6.32. The van der Waals surface area contributed by atoms with Gasteiger partial charge in [0.2, 0.25) is 0 Å². The number of benzene rings is 2. The standard InChI is InChI=1S/C25H24N2O5S/c28-21(14-16-6-4-5-7-16)23(18-10-12-19(13-11-18)27(31)32)26-20-15-22(33-24(20)25(29)30)17-8-2-1-3-9-17/h1-3,8-13,15-16,23,26H,4-7,14H2,(H,29,30). The number of nitro groups is 1. The van der Waals surface area contributed by atoms with Crippen molar-refractivity contribution in [3.63, 3.8) is 0 Å². The first kappa shape index (κ1) is 22.7. The average Bonchev–Trinajstić information content (AvgIpc) is 3.48. The van der Waals surface area contributed by atoms with E-state index in [2.05, 4.69) is 5.32 Å². The molecule has 170 valence electrons. The van der Waals surface area contributed by atoms with Gasteiger partial charge in [-0.2, -0.15) is 0 Å². The van der Waals surface area contributed by atoms with Crippen LogP contribution in [0.3, 0.4) is 0 Å². The van der Waals surface area contributed by atoms with Gasteiger partial charge >= 0.3 is 5.97 Å². The lowest BCUT2D eigenvalue weighted by Crippen LogP contribution is -2.23. The van der Waals surface area contributed by atoms with E-state index in [-0.39, 0.29) is 16.3 Å². The Morgan fingerprint density at radius 2 is 1.76 bits per heavy atom. The molecule has 0 aliphatic heterocycles. The van der Waals surface area contributed by atoms with Crippen molar-refractivity contribution in [2.24, 2.45) is 5.92 Å². The molecule has 0 radical (unpaired) electrons. The lowest BCUT2D eigenvalue weighted by Gasteiger charge is -2.21. The van der Waals surface area contributed by atoms with Crippen molar-refractivity contribution < 1.29 is 19.6 Å². The third kappa shape index (κ3) is 5.28. The Bertz CT molecular complexity index is 1150. The zero-order valence-electron chi connectivity index (χ0n) is 17.9. The first-order valence-corrected chi connectivity index (χ1v) is 11.7. The van der Waals surface area contributed by atoms with Crippen molar-refractivity contribution in [3.05, 3.63) is 81.2 Å². The normalized spacial score (nSPS) is 14.7. The van der Waals surface area contributed by atoms with Crippen LogP contribution in [-0.4, -0.2) is 21.8 Å². The Balaban J connectivity index is 1.68. The first-order chi connectivity index (χ1) is 15.9. The summed E-state index contributed by atoms with van der Waals surface area (Å²) < 4.78 is 0. The molecule has 4 rings (SSSR count). The lowest BCUT2D eigenvalue weighted by molar-refractivity contribution is -0.384. The molecular weight excluding hydrogens is 440 g/mol. The molecule has 0 spiro atoms. The van der Waals surface area contributed by atoms with Crippen LogP contribution in [0.15, 0.2) is 60.7 Å². The molecule has 0 saturated heterocycles. The molecule has 0 bridgehead atoms. The van der Waals surface area contributed by atoms with Crippen LogP contribution in [0, 0.1) is 16.0 Å². The van der Waals surface area contributed by atoms with Crippen molar-refractivity contribution in [2.45, 2.75) is 38.1 Å². The van der Waals surface area contributed by atoms with Gasteiger partial charge in [-0.25, -0.2) is 4.79 Å². The summed E-state index contributed by atoms with van der Waals surface area (Å²) in [5.41, 5.74) is 1.78. The number of carboxylic acids is 1. The quantitative estimate of drug-likeness (QED) is 0.283. The van der Waals surface area contributed by atoms with Gasteiger partial charge in [0.25, 0.3) is 5.69 Å². The van der Waals surface area contributed by atoms with Crippen LogP contribution in [0.2, 0.25) is 0 Å². The van der Waals surface area contributed by atoms with Gasteiger partial charge in [0.1, 0.15) is 10.9 Å². The second-order valence-electron chi connectivity index (χ2n) is 8.27. The van der Waals surface area contributed by atoms with Gasteiger partial charge in [0, 0.05) is 23.4 Å². The number of nitrogens with one attached hydrogen (secondary N) is 1. The van der Waals surface area contributed by atoms with E-state index in [1.807, 2.05) is 30.3 Å². The van der Waals surface area contributed by atoms with E-state index in [1.54, 1.807) is 18.2 Å². The van der Waals surface area contributed by atoms with E-state index >= 15 is 0 Å². The smallest absolute Gasteiger partial charge is 0.348 e. The molecule has 1 aliphatic carbocycles. The number of nitro benzene ring substituents is 1. The van der Waals surface area contributed by atoms with Crippen LogP contribution in [0.25, 0.3) is 10.4 Å². The van der Waals surface area contributed by atoms with Crippen molar-refractivity contribution >= 4 is 34.5 Å². The molecule has 1 unspecified atom stereocenters. The summed E-state index contributed by atoms with van der Waals surface area (Å²) in [6.07, 6.45) is 4.64. The summed E-state index contributed by atoms with van der Waals surface area (Å²) >= 11 is 1.15. The van der Waals surface area contributed by atoms with E-state index in [4.69, 9.17) is 0 Å². The minimum Gasteiger partial charge on any atom is -0.477 e. The van der Waals surface area contributed by atoms with Gasteiger partial charge in [-0.15, -0.1) is 11.3 Å². The van der Waals surface area contributed by atoms with Crippen LogP contribution < -0.4 is 5.32 Å². The predicted molar refractivity (Wildman–Crippen MR) is 128 cm³/mol. The number of carbonyl (C=O) groups excluding carboxylic acids is 1. The third-order valence-corrected chi connectivity index (χ3v) is 7.18. The zero-order chi connectivity index (χ0) is 23.4. The Morgan fingerprint density at radius 3 is 2.36 bits per heavy atom. The van der Waals surface area contributed by atoms with Crippen LogP contribution in [0.1, 0.15) is 53.4 Å². The van der Waals surface area contributed by atoms with Crippen molar-refractivity contribution in [1.82, 2.24) is 0 Å². The molecule has 3 aromatic rings. The van der Waals surface area contributed by atoms with Crippen LogP contribution in [0.4, 0.5) is 11.4 Å². The third-order valence-electron chi connectivity index (χ3n) is 6.01. The Hall–Kier alpha value is -3.52. The van der Waals surface area contributed by atoms with E-state index in [1.165, 1.54) is 12.1 Å². The molecule has 1 aliphatic rings. The summed E-state index contributed by atoms with van der Waals surface area (Å²) in [5, 5.41) is 24.0. The van der Waals surface area contributed by atoms with Gasteiger partial charge in [0.05, 0.1) is 10.6 Å². The maximum absolute atomic E-state index is 13.3. The molecule has 0 amide bonds. The number of carbonyl (C=O) groups is 2. The molecule has 33 heavy (non-hydrogen) atoms. The summed E-state index contributed by atoms with van der Waals surface area (Å²) in [5.74, 6) is -0.795. The molecule has 1 atom stereocenters. The number of hydrogen-bond acceptors (Lipinski definition) is 6. The van der Waals surface area contributed by atoms with Gasteiger partial charge in [-0.05, 0) is 35.2 Å². The van der Waals surface area contributed by atoms with E-state index in [0.29, 0.717) is 23.6 Å². The number of hydrogen-bond donors (Lipinski definition) is 2. The molecule has 7 nitrogen and oxygen atoms in total. The first-order valence-electron chi connectivity index (χ1n) is 10.9. The number of nitrogens with zero attached hydrogens (tertiary/aromatic N) is 1. The average molecular weight is 465 g/mol.